The van der Waals surface area contributed by atoms with Crippen LogP contribution >= 0.6 is 0 Å². The van der Waals surface area contributed by atoms with Crippen molar-refractivity contribution in [2.24, 2.45) is 0 Å². The Morgan fingerprint density at radius 2 is 1.73 bits per heavy atom. The first-order valence-corrected chi connectivity index (χ1v) is 5.11. The van der Waals surface area contributed by atoms with E-state index in [4.69, 9.17) is 5.11 Å². The molecule has 82 valence electrons. The van der Waals surface area contributed by atoms with E-state index in [1.54, 1.807) is 0 Å². The van der Waals surface area contributed by atoms with Crippen molar-refractivity contribution in [2.45, 2.75) is 24.3 Å². The molecule has 2 rings (SSSR count). The van der Waals surface area contributed by atoms with Crippen molar-refractivity contribution in [3.63, 3.8) is 0 Å². The molecule has 4 atom stereocenters. The molecule has 0 amide bonds. The zero-order valence-electron chi connectivity index (χ0n) is 8.32. The smallest absolute Gasteiger partial charge is 0.142 e. The Morgan fingerprint density at radius 1 is 1.07 bits per heavy atom. The van der Waals surface area contributed by atoms with Crippen LogP contribution in [0, 0.1) is 0 Å². The molecular weight excluding hydrogens is 194 g/mol. The normalized spacial score (nSPS) is 35.7. The predicted molar refractivity (Wildman–Crippen MR) is 54.0 cm³/mol. The Bertz CT molecular complexity index is 317. The molecule has 1 aliphatic heterocycles. The second-order valence-electron chi connectivity index (χ2n) is 3.96. The Balaban J connectivity index is 2.19. The molecular formula is C11H16NO3+. The summed E-state index contributed by atoms with van der Waals surface area (Å²) in [5.41, 5.74) is 0.972. The van der Waals surface area contributed by atoms with Crippen LogP contribution in [0.3, 0.4) is 0 Å². The van der Waals surface area contributed by atoms with Crippen LogP contribution in [0.15, 0.2) is 30.3 Å². The van der Waals surface area contributed by atoms with E-state index in [1.807, 2.05) is 35.6 Å². The van der Waals surface area contributed by atoms with E-state index in [-0.39, 0.29) is 18.7 Å². The summed E-state index contributed by atoms with van der Waals surface area (Å²) in [4.78, 5) is 0. The van der Waals surface area contributed by atoms with Crippen molar-refractivity contribution < 1.29 is 20.6 Å². The molecule has 1 fully saturated rings. The molecule has 1 aliphatic rings. The number of hydrogen-bond donors (Lipinski definition) is 4. The summed E-state index contributed by atoms with van der Waals surface area (Å²) in [5.74, 6) is 0. The first-order chi connectivity index (χ1) is 7.24. The molecule has 5 N–H and O–H groups in total. The maximum atomic E-state index is 9.82. The van der Waals surface area contributed by atoms with Crippen molar-refractivity contribution in [1.82, 2.24) is 0 Å². The minimum atomic E-state index is -0.861. The Kier molecular flexibility index (Phi) is 3.02. The third kappa shape index (κ3) is 1.89. The van der Waals surface area contributed by atoms with Gasteiger partial charge in [0, 0.05) is 5.56 Å². The zero-order chi connectivity index (χ0) is 10.8. The summed E-state index contributed by atoms with van der Waals surface area (Å²) in [5, 5.41) is 30.3. The van der Waals surface area contributed by atoms with Crippen molar-refractivity contribution in [2.75, 3.05) is 6.61 Å². The van der Waals surface area contributed by atoms with Gasteiger partial charge >= 0.3 is 0 Å². The molecule has 0 aromatic heterocycles. The van der Waals surface area contributed by atoms with Gasteiger partial charge in [0.05, 0.1) is 6.61 Å². The summed E-state index contributed by atoms with van der Waals surface area (Å²) in [6, 6.07) is 9.02. The van der Waals surface area contributed by atoms with Gasteiger partial charge in [-0.1, -0.05) is 30.3 Å². The average molecular weight is 210 g/mol. The van der Waals surface area contributed by atoms with Gasteiger partial charge in [0.1, 0.15) is 24.3 Å². The molecule has 1 aromatic carbocycles. The summed E-state index contributed by atoms with van der Waals surface area (Å²) in [7, 11) is 0. The molecule has 1 saturated heterocycles. The summed E-state index contributed by atoms with van der Waals surface area (Å²) >= 11 is 0. The number of hydrogen-bond acceptors (Lipinski definition) is 3. The number of benzene rings is 1. The summed E-state index contributed by atoms with van der Waals surface area (Å²) in [6.45, 7) is -0.123. The first kappa shape index (κ1) is 10.6. The predicted octanol–water partition coefficient (Wildman–Crippen LogP) is -1.61. The maximum absolute atomic E-state index is 9.82. The van der Waals surface area contributed by atoms with Gasteiger partial charge in [-0.05, 0) is 0 Å². The molecule has 0 unspecified atom stereocenters. The molecule has 4 heteroatoms. The lowest BCUT2D eigenvalue weighted by molar-refractivity contribution is -0.714. The Labute approximate surface area is 88.2 Å². The van der Waals surface area contributed by atoms with Gasteiger partial charge in [-0.2, -0.15) is 0 Å². The summed E-state index contributed by atoms with van der Waals surface area (Å²) in [6.07, 6.45) is -1.68. The van der Waals surface area contributed by atoms with Gasteiger partial charge in [-0.15, -0.1) is 0 Å². The van der Waals surface area contributed by atoms with E-state index >= 15 is 0 Å². The largest absolute Gasteiger partial charge is 0.390 e. The lowest BCUT2D eigenvalue weighted by Crippen LogP contribution is -2.89. The van der Waals surface area contributed by atoms with E-state index in [0.717, 1.165) is 5.56 Å². The standard InChI is InChI=1S/C11H15NO3/c13-6-8-10(14)11(15)9(12-8)7-4-2-1-3-5-7/h1-5,8-15H,6H2/p+1/t8-,9-,10+,11+/m0/s1. The van der Waals surface area contributed by atoms with Crippen LogP contribution in [0.4, 0.5) is 0 Å². The van der Waals surface area contributed by atoms with E-state index in [0.29, 0.717) is 0 Å². The van der Waals surface area contributed by atoms with Crippen LogP contribution in [0.2, 0.25) is 0 Å². The molecule has 1 aromatic rings. The van der Waals surface area contributed by atoms with Gasteiger partial charge < -0.3 is 20.6 Å². The fourth-order valence-corrected chi connectivity index (χ4v) is 2.11. The van der Waals surface area contributed by atoms with Gasteiger partial charge in [0.15, 0.2) is 0 Å². The highest BCUT2D eigenvalue weighted by Gasteiger charge is 2.45. The van der Waals surface area contributed by atoms with Crippen LogP contribution in [0.5, 0.6) is 0 Å². The lowest BCUT2D eigenvalue weighted by atomic mass is 10.0. The van der Waals surface area contributed by atoms with Crippen LogP contribution in [0.25, 0.3) is 0 Å². The van der Waals surface area contributed by atoms with E-state index in [1.165, 1.54) is 0 Å². The minimum absolute atomic E-state index is 0.123. The second kappa shape index (κ2) is 4.28. The molecule has 1 heterocycles. The highest BCUT2D eigenvalue weighted by Crippen LogP contribution is 2.20. The second-order valence-corrected chi connectivity index (χ2v) is 3.96. The lowest BCUT2D eigenvalue weighted by Gasteiger charge is -2.12. The van der Waals surface area contributed by atoms with Crippen LogP contribution in [-0.4, -0.2) is 40.2 Å². The molecule has 0 radical (unpaired) electrons. The fraction of sp³-hybridized carbons (Fsp3) is 0.455. The maximum Gasteiger partial charge on any atom is 0.142 e. The number of aliphatic hydroxyl groups is 3. The topological polar surface area (TPSA) is 77.3 Å². The monoisotopic (exact) mass is 210 g/mol. The third-order valence-corrected chi connectivity index (χ3v) is 3.01. The van der Waals surface area contributed by atoms with Crippen LogP contribution in [-0.2, 0) is 0 Å². The van der Waals surface area contributed by atoms with Gasteiger partial charge in [0.25, 0.3) is 0 Å². The fourth-order valence-electron chi connectivity index (χ4n) is 2.11. The molecule has 0 aliphatic carbocycles. The van der Waals surface area contributed by atoms with Crippen molar-refractivity contribution in [1.29, 1.82) is 0 Å². The first-order valence-electron chi connectivity index (χ1n) is 5.11. The van der Waals surface area contributed by atoms with Crippen molar-refractivity contribution in [3.05, 3.63) is 35.9 Å². The van der Waals surface area contributed by atoms with Gasteiger partial charge in [-0.25, -0.2) is 0 Å². The summed E-state index contributed by atoms with van der Waals surface area (Å²) < 4.78 is 0. The Morgan fingerprint density at radius 3 is 2.27 bits per heavy atom. The minimum Gasteiger partial charge on any atom is -0.390 e. The quantitative estimate of drug-likeness (QED) is 0.474. The van der Waals surface area contributed by atoms with Crippen molar-refractivity contribution in [3.8, 4) is 0 Å². The van der Waals surface area contributed by atoms with Crippen LogP contribution in [0.1, 0.15) is 11.6 Å². The van der Waals surface area contributed by atoms with E-state index < -0.39 is 12.2 Å². The molecule has 0 saturated carbocycles. The average Bonchev–Trinajstić information content (AvgIpc) is 2.57. The highest BCUT2D eigenvalue weighted by molar-refractivity contribution is 5.19. The number of rotatable bonds is 2. The highest BCUT2D eigenvalue weighted by atomic mass is 16.3. The van der Waals surface area contributed by atoms with E-state index in [9.17, 15) is 10.2 Å². The number of quaternary nitrogens is 1. The number of aliphatic hydroxyl groups excluding tert-OH is 3. The zero-order valence-corrected chi connectivity index (χ0v) is 8.32. The molecule has 0 bridgehead atoms. The Hall–Kier alpha value is -0.940. The third-order valence-electron chi connectivity index (χ3n) is 3.01. The number of nitrogens with two attached hydrogens (primary N) is 1. The molecule has 0 spiro atoms. The SMILES string of the molecule is OC[C@@H]1[NH2+][C@@H](c2ccccc2)[C@@H](O)[C@@H]1O. The van der Waals surface area contributed by atoms with Crippen LogP contribution < -0.4 is 5.32 Å². The van der Waals surface area contributed by atoms with E-state index in [2.05, 4.69) is 0 Å². The molecule has 4 nitrogen and oxygen atoms in total. The van der Waals surface area contributed by atoms with Crippen molar-refractivity contribution >= 4 is 0 Å². The van der Waals surface area contributed by atoms with Gasteiger partial charge in [-0.3, -0.25) is 0 Å². The van der Waals surface area contributed by atoms with Gasteiger partial charge in [0.2, 0.25) is 0 Å². The molecule has 15 heavy (non-hydrogen) atoms.